The molecule has 1 fully saturated rings. The first-order valence-electron chi connectivity index (χ1n) is 7.91. The number of rotatable bonds is 5. The fourth-order valence-corrected chi connectivity index (χ4v) is 2.07. The molecule has 0 aromatic carbocycles. The summed E-state index contributed by atoms with van der Waals surface area (Å²) in [6, 6.07) is 0. The fourth-order valence-electron chi connectivity index (χ4n) is 2.07. The molecular weight excluding hydrogens is 208 g/mol. The molecule has 106 valence electrons. The quantitative estimate of drug-likeness (QED) is 0.553. The van der Waals surface area contributed by atoms with Gasteiger partial charge in [0, 0.05) is 6.61 Å². The van der Waals surface area contributed by atoms with Gasteiger partial charge in [0.15, 0.2) is 0 Å². The van der Waals surface area contributed by atoms with Crippen molar-refractivity contribution < 1.29 is 4.74 Å². The van der Waals surface area contributed by atoms with E-state index in [0.29, 0.717) is 6.10 Å². The van der Waals surface area contributed by atoms with Gasteiger partial charge < -0.3 is 4.74 Å². The summed E-state index contributed by atoms with van der Waals surface area (Å²) in [4.78, 5) is 0. The van der Waals surface area contributed by atoms with Crippen LogP contribution in [0.25, 0.3) is 0 Å². The van der Waals surface area contributed by atoms with Gasteiger partial charge in [0.1, 0.15) is 0 Å². The minimum Gasteiger partial charge on any atom is -0.378 e. The van der Waals surface area contributed by atoms with Crippen LogP contribution in [0.5, 0.6) is 0 Å². The number of unbranched alkanes of at least 4 members (excludes halogenated alkanes) is 2. The summed E-state index contributed by atoms with van der Waals surface area (Å²) in [5, 5.41) is 0. The predicted molar refractivity (Wildman–Crippen MR) is 79.6 cm³/mol. The van der Waals surface area contributed by atoms with Gasteiger partial charge in [-0.05, 0) is 18.8 Å². The van der Waals surface area contributed by atoms with Crippen LogP contribution in [0.1, 0.15) is 86.5 Å². The summed E-state index contributed by atoms with van der Waals surface area (Å²) >= 11 is 0. The molecule has 0 aromatic heterocycles. The monoisotopic (exact) mass is 244 g/mol. The highest BCUT2D eigenvalue weighted by Gasteiger charge is 2.25. The zero-order chi connectivity index (χ0) is 13.5. The zero-order valence-electron chi connectivity index (χ0n) is 13.2. The molecule has 2 unspecified atom stereocenters. The van der Waals surface area contributed by atoms with E-state index in [9.17, 15) is 0 Å². The van der Waals surface area contributed by atoms with Gasteiger partial charge in [0.25, 0.3) is 0 Å². The molecule has 1 heteroatoms. The van der Waals surface area contributed by atoms with Crippen molar-refractivity contribution in [3.8, 4) is 0 Å². The lowest BCUT2D eigenvalue weighted by atomic mass is 9.95. The van der Waals surface area contributed by atoms with Gasteiger partial charge in [-0.15, -0.1) is 0 Å². The Kier molecular flexibility index (Phi) is 18.1. The third-order valence-corrected chi connectivity index (χ3v) is 2.96. The minimum absolute atomic E-state index is 0.599. The molecule has 1 rings (SSSR count). The second-order valence-corrected chi connectivity index (χ2v) is 4.57. The zero-order valence-corrected chi connectivity index (χ0v) is 13.2. The van der Waals surface area contributed by atoms with Crippen molar-refractivity contribution in [1.29, 1.82) is 0 Å². The van der Waals surface area contributed by atoms with Crippen molar-refractivity contribution in [2.45, 2.75) is 92.6 Å². The molecule has 0 amide bonds. The Bertz CT molecular complexity index is 123. The summed E-state index contributed by atoms with van der Waals surface area (Å²) in [6.07, 6.45) is 9.80. The smallest absolute Gasteiger partial charge is 0.0604 e. The van der Waals surface area contributed by atoms with Crippen molar-refractivity contribution in [3.05, 3.63) is 0 Å². The standard InChI is InChI=1S/C11H22O.C3H8.C2H6/c1-3-5-6-7-11-10(4-2)8-9-12-11;1-3-2;1-2/h10-11H,3-9H2,1-2H3;3H2,1-2H3;1-2H3. The SMILES string of the molecule is CC.CCC.CCCCCC1OCCC1CC. The fraction of sp³-hybridized carbons (Fsp3) is 1.00. The highest BCUT2D eigenvalue weighted by molar-refractivity contribution is 4.74. The highest BCUT2D eigenvalue weighted by atomic mass is 16.5. The largest absolute Gasteiger partial charge is 0.378 e. The molecule has 1 saturated heterocycles. The second kappa shape index (κ2) is 16.0. The topological polar surface area (TPSA) is 9.23 Å². The van der Waals surface area contributed by atoms with E-state index in [1.165, 1.54) is 44.9 Å². The third-order valence-electron chi connectivity index (χ3n) is 2.96. The molecule has 1 aliphatic rings. The maximum absolute atomic E-state index is 5.70. The van der Waals surface area contributed by atoms with E-state index in [0.717, 1.165) is 12.5 Å². The van der Waals surface area contributed by atoms with Gasteiger partial charge in [0.2, 0.25) is 0 Å². The van der Waals surface area contributed by atoms with Crippen LogP contribution in [0, 0.1) is 5.92 Å². The van der Waals surface area contributed by atoms with Crippen LogP contribution in [0.3, 0.4) is 0 Å². The molecule has 1 aliphatic heterocycles. The molecule has 0 aromatic rings. The molecule has 0 radical (unpaired) electrons. The van der Waals surface area contributed by atoms with Crippen molar-refractivity contribution in [2.75, 3.05) is 6.61 Å². The van der Waals surface area contributed by atoms with Gasteiger partial charge >= 0.3 is 0 Å². The number of hydrogen-bond acceptors (Lipinski definition) is 1. The molecule has 0 spiro atoms. The number of hydrogen-bond donors (Lipinski definition) is 0. The van der Waals surface area contributed by atoms with Crippen LogP contribution in [-0.2, 0) is 4.74 Å². The van der Waals surface area contributed by atoms with Crippen molar-refractivity contribution >= 4 is 0 Å². The average Bonchev–Trinajstić information content (AvgIpc) is 2.80. The molecule has 0 saturated carbocycles. The maximum Gasteiger partial charge on any atom is 0.0604 e. The molecule has 2 atom stereocenters. The second-order valence-electron chi connectivity index (χ2n) is 4.57. The van der Waals surface area contributed by atoms with Gasteiger partial charge in [-0.3, -0.25) is 0 Å². The van der Waals surface area contributed by atoms with Crippen LogP contribution < -0.4 is 0 Å². The van der Waals surface area contributed by atoms with Crippen LogP contribution in [0.2, 0.25) is 0 Å². The normalized spacial score (nSPS) is 22.2. The lowest BCUT2D eigenvalue weighted by Crippen LogP contribution is -2.14. The summed E-state index contributed by atoms with van der Waals surface area (Å²) in [5.74, 6) is 0.863. The summed E-state index contributed by atoms with van der Waals surface area (Å²) in [6.45, 7) is 13.8. The third kappa shape index (κ3) is 10.8. The predicted octanol–water partition coefficient (Wildman–Crippen LogP) is 5.82. The molecule has 1 nitrogen and oxygen atoms in total. The van der Waals surface area contributed by atoms with Gasteiger partial charge in [-0.2, -0.15) is 0 Å². The molecule has 17 heavy (non-hydrogen) atoms. The van der Waals surface area contributed by atoms with Crippen LogP contribution in [-0.4, -0.2) is 12.7 Å². The minimum atomic E-state index is 0.599. The van der Waals surface area contributed by atoms with Crippen LogP contribution in [0.15, 0.2) is 0 Å². The summed E-state index contributed by atoms with van der Waals surface area (Å²) < 4.78 is 5.70. The van der Waals surface area contributed by atoms with E-state index < -0.39 is 0 Å². The van der Waals surface area contributed by atoms with Crippen LogP contribution >= 0.6 is 0 Å². The van der Waals surface area contributed by atoms with Crippen LogP contribution in [0.4, 0.5) is 0 Å². The lowest BCUT2D eigenvalue weighted by molar-refractivity contribution is 0.0804. The van der Waals surface area contributed by atoms with Gasteiger partial charge in [-0.25, -0.2) is 0 Å². The summed E-state index contributed by atoms with van der Waals surface area (Å²) in [7, 11) is 0. The van der Waals surface area contributed by atoms with Crippen molar-refractivity contribution in [3.63, 3.8) is 0 Å². The average molecular weight is 244 g/mol. The Morgan fingerprint density at radius 1 is 1.00 bits per heavy atom. The Morgan fingerprint density at radius 3 is 2.06 bits per heavy atom. The molecule has 0 aliphatic carbocycles. The first kappa shape index (κ1) is 19.3. The Labute approximate surface area is 110 Å². The first-order chi connectivity index (χ1) is 8.29. The Balaban J connectivity index is 0. The molecule has 0 N–H and O–H groups in total. The van der Waals surface area contributed by atoms with Gasteiger partial charge in [-0.1, -0.05) is 73.6 Å². The van der Waals surface area contributed by atoms with E-state index in [1.807, 2.05) is 13.8 Å². The van der Waals surface area contributed by atoms with Gasteiger partial charge in [0.05, 0.1) is 6.10 Å². The number of ether oxygens (including phenoxy) is 1. The molecule has 0 bridgehead atoms. The highest BCUT2D eigenvalue weighted by Crippen LogP contribution is 2.27. The molecule has 1 heterocycles. The van der Waals surface area contributed by atoms with Crippen molar-refractivity contribution in [1.82, 2.24) is 0 Å². The van der Waals surface area contributed by atoms with Crippen molar-refractivity contribution in [2.24, 2.45) is 5.92 Å². The summed E-state index contributed by atoms with van der Waals surface area (Å²) in [5.41, 5.74) is 0. The van der Waals surface area contributed by atoms with E-state index >= 15 is 0 Å². The molecular formula is C16H36O. The Hall–Kier alpha value is -0.0400. The van der Waals surface area contributed by atoms with E-state index in [2.05, 4.69) is 27.7 Å². The Morgan fingerprint density at radius 2 is 1.59 bits per heavy atom. The first-order valence-corrected chi connectivity index (χ1v) is 7.91. The van der Waals surface area contributed by atoms with E-state index in [1.54, 1.807) is 0 Å². The van der Waals surface area contributed by atoms with E-state index in [-0.39, 0.29) is 0 Å². The maximum atomic E-state index is 5.70. The lowest BCUT2D eigenvalue weighted by Gasteiger charge is -2.16. The van der Waals surface area contributed by atoms with E-state index in [4.69, 9.17) is 4.74 Å².